The Morgan fingerprint density at radius 1 is 0.919 bits per heavy atom. The molecule has 0 aromatic heterocycles. The summed E-state index contributed by atoms with van der Waals surface area (Å²) in [6.45, 7) is 2.22. The topological polar surface area (TPSA) is 95.9 Å². The number of benzene rings is 3. The van der Waals surface area contributed by atoms with Gasteiger partial charge in [-0.15, -0.1) is 0 Å². The first-order valence-electron chi connectivity index (χ1n) is 12.5. The van der Waals surface area contributed by atoms with E-state index in [4.69, 9.17) is 4.74 Å². The number of nitrogens with one attached hydrogen (secondary N) is 1. The number of alkyl carbamates (subject to hydrolysis) is 1. The van der Waals surface area contributed by atoms with Crippen LogP contribution >= 0.6 is 0 Å². The van der Waals surface area contributed by atoms with E-state index in [0.717, 1.165) is 27.8 Å². The molecule has 0 aliphatic heterocycles. The normalized spacial score (nSPS) is 13.7. The molecule has 3 aromatic rings. The largest absolute Gasteiger partial charge is 0.481 e. The maximum atomic E-state index is 13.1. The third-order valence-corrected chi connectivity index (χ3v) is 6.73. The lowest BCUT2D eigenvalue weighted by atomic mass is 9.94. The summed E-state index contributed by atoms with van der Waals surface area (Å²) in [6, 6.07) is 25.3. The number of carboxylic acid groups (broad SMARTS) is 1. The minimum absolute atomic E-state index is 0.0347. The molecule has 37 heavy (non-hydrogen) atoms. The Kier molecular flexibility index (Phi) is 8.23. The van der Waals surface area contributed by atoms with E-state index >= 15 is 0 Å². The van der Waals surface area contributed by atoms with Gasteiger partial charge in [0, 0.05) is 25.6 Å². The molecule has 2 N–H and O–H groups in total. The van der Waals surface area contributed by atoms with Gasteiger partial charge in [0.1, 0.15) is 6.61 Å². The number of hydrogen-bond donors (Lipinski definition) is 2. The zero-order valence-electron chi connectivity index (χ0n) is 21.1. The van der Waals surface area contributed by atoms with Crippen LogP contribution in [-0.2, 0) is 20.7 Å². The summed E-state index contributed by atoms with van der Waals surface area (Å²) in [5.41, 5.74) is 5.50. The Labute approximate surface area is 217 Å². The van der Waals surface area contributed by atoms with Crippen molar-refractivity contribution in [2.75, 3.05) is 20.2 Å². The molecule has 2 atom stereocenters. The van der Waals surface area contributed by atoms with Crippen LogP contribution in [0.2, 0.25) is 0 Å². The van der Waals surface area contributed by atoms with E-state index in [9.17, 15) is 19.5 Å². The summed E-state index contributed by atoms with van der Waals surface area (Å²) in [4.78, 5) is 38.5. The highest BCUT2D eigenvalue weighted by Gasteiger charge is 2.30. The molecule has 2 amide bonds. The minimum Gasteiger partial charge on any atom is -0.481 e. The van der Waals surface area contributed by atoms with Gasteiger partial charge in [0.25, 0.3) is 0 Å². The summed E-state index contributed by atoms with van der Waals surface area (Å²) in [7, 11) is 1.62. The number of nitrogens with zero attached hydrogens (tertiary/aromatic N) is 1. The molecule has 0 fully saturated rings. The van der Waals surface area contributed by atoms with Gasteiger partial charge in [-0.25, -0.2) is 4.79 Å². The van der Waals surface area contributed by atoms with Crippen molar-refractivity contribution in [2.45, 2.75) is 31.7 Å². The number of carboxylic acids is 1. The van der Waals surface area contributed by atoms with Crippen LogP contribution in [-0.4, -0.2) is 54.2 Å². The maximum absolute atomic E-state index is 13.1. The quantitative estimate of drug-likeness (QED) is 0.421. The van der Waals surface area contributed by atoms with E-state index < -0.39 is 18.0 Å². The van der Waals surface area contributed by atoms with Gasteiger partial charge in [0.2, 0.25) is 5.91 Å². The van der Waals surface area contributed by atoms with E-state index in [1.807, 2.05) is 54.6 Å². The van der Waals surface area contributed by atoms with Crippen molar-refractivity contribution in [1.82, 2.24) is 10.2 Å². The number of ether oxygens (including phenoxy) is 1. The molecule has 192 valence electrons. The van der Waals surface area contributed by atoms with E-state index in [1.54, 1.807) is 14.0 Å². The summed E-state index contributed by atoms with van der Waals surface area (Å²) >= 11 is 0. The summed E-state index contributed by atoms with van der Waals surface area (Å²) < 4.78 is 5.60. The third-order valence-electron chi connectivity index (χ3n) is 6.73. The second-order valence-corrected chi connectivity index (χ2v) is 9.57. The first kappa shape index (κ1) is 25.9. The number of fused-ring (bicyclic) bond motifs is 3. The van der Waals surface area contributed by atoms with Crippen LogP contribution in [0.3, 0.4) is 0 Å². The van der Waals surface area contributed by atoms with Crippen LogP contribution in [0.25, 0.3) is 11.1 Å². The summed E-state index contributed by atoms with van der Waals surface area (Å²) in [5.74, 6) is -2.01. The highest BCUT2D eigenvalue weighted by molar-refractivity contribution is 5.83. The van der Waals surface area contributed by atoms with Crippen molar-refractivity contribution in [3.8, 4) is 11.1 Å². The lowest BCUT2D eigenvalue weighted by Crippen LogP contribution is -2.45. The lowest BCUT2D eigenvalue weighted by Gasteiger charge is -2.26. The zero-order chi connectivity index (χ0) is 26.4. The Bertz CT molecular complexity index is 1210. The van der Waals surface area contributed by atoms with Crippen LogP contribution < -0.4 is 5.32 Å². The lowest BCUT2D eigenvalue weighted by molar-refractivity contribution is -0.144. The highest BCUT2D eigenvalue weighted by Crippen LogP contribution is 2.44. The fourth-order valence-electron chi connectivity index (χ4n) is 5.06. The fraction of sp³-hybridized carbons (Fsp3) is 0.300. The van der Waals surface area contributed by atoms with Crippen molar-refractivity contribution >= 4 is 18.0 Å². The number of amides is 2. The number of aliphatic carboxylic acids is 1. The number of rotatable bonds is 10. The van der Waals surface area contributed by atoms with Crippen LogP contribution in [0.1, 0.15) is 36.0 Å². The molecular formula is C30H32N2O5. The summed E-state index contributed by atoms with van der Waals surface area (Å²) in [5, 5.41) is 12.1. The molecule has 7 nitrogen and oxygen atoms in total. The fourth-order valence-corrected chi connectivity index (χ4v) is 5.06. The highest BCUT2D eigenvalue weighted by atomic mass is 16.5. The van der Waals surface area contributed by atoms with Crippen molar-refractivity contribution in [2.24, 2.45) is 5.92 Å². The SMILES string of the molecule is CC(CN(C)C(=O)C(CC(=O)O)Cc1ccccc1)NC(=O)OCC1c2ccccc2-c2ccccc21. The average molecular weight is 501 g/mol. The predicted octanol–water partition coefficient (Wildman–Crippen LogP) is 4.71. The van der Waals surface area contributed by atoms with Crippen LogP contribution in [0.15, 0.2) is 78.9 Å². The molecule has 0 radical (unpaired) electrons. The van der Waals surface area contributed by atoms with E-state index in [2.05, 4.69) is 29.6 Å². The van der Waals surface area contributed by atoms with Gasteiger partial charge in [0.05, 0.1) is 12.3 Å². The van der Waals surface area contributed by atoms with Crippen molar-refractivity contribution in [1.29, 1.82) is 0 Å². The second kappa shape index (κ2) is 11.7. The monoisotopic (exact) mass is 500 g/mol. The van der Waals surface area contributed by atoms with E-state index in [-0.39, 0.29) is 37.4 Å². The molecular weight excluding hydrogens is 468 g/mol. The molecule has 0 spiro atoms. The molecule has 2 unspecified atom stereocenters. The zero-order valence-corrected chi connectivity index (χ0v) is 21.1. The van der Waals surface area contributed by atoms with Gasteiger partial charge in [-0.2, -0.15) is 0 Å². The van der Waals surface area contributed by atoms with Crippen molar-refractivity contribution in [3.05, 3.63) is 95.6 Å². The van der Waals surface area contributed by atoms with E-state index in [1.165, 1.54) is 4.90 Å². The average Bonchev–Trinajstić information content (AvgIpc) is 3.20. The van der Waals surface area contributed by atoms with Crippen molar-refractivity contribution in [3.63, 3.8) is 0 Å². The number of carbonyl (C=O) groups is 3. The Morgan fingerprint density at radius 3 is 2.08 bits per heavy atom. The van der Waals surface area contributed by atoms with Crippen LogP contribution in [0.5, 0.6) is 0 Å². The van der Waals surface area contributed by atoms with Gasteiger partial charge in [-0.05, 0) is 41.2 Å². The number of hydrogen-bond acceptors (Lipinski definition) is 4. The van der Waals surface area contributed by atoms with Crippen LogP contribution in [0, 0.1) is 5.92 Å². The van der Waals surface area contributed by atoms with Crippen LogP contribution in [0.4, 0.5) is 4.79 Å². The minimum atomic E-state index is -1.02. The number of carbonyl (C=O) groups excluding carboxylic acids is 2. The Balaban J connectivity index is 1.31. The molecule has 0 bridgehead atoms. The third kappa shape index (κ3) is 6.36. The molecule has 1 aliphatic rings. The van der Waals surface area contributed by atoms with Gasteiger partial charge in [-0.3, -0.25) is 9.59 Å². The van der Waals surface area contributed by atoms with Gasteiger partial charge >= 0.3 is 12.1 Å². The molecule has 0 saturated carbocycles. The van der Waals surface area contributed by atoms with Crippen molar-refractivity contribution < 1.29 is 24.2 Å². The van der Waals surface area contributed by atoms with Gasteiger partial charge in [0.15, 0.2) is 0 Å². The molecule has 4 rings (SSSR count). The molecule has 7 heteroatoms. The predicted molar refractivity (Wildman–Crippen MR) is 141 cm³/mol. The first-order valence-corrected chi connectivity index (χ1v) is 12.5. The first-order chi connectivity index (χ1) is 17.8. The standard InChI is InChI=1S/C30H32N2O5/c1-20(18-32(2)29(35)22(17-28(33)34)16-21-10-4-3-5-11-21)31-30(36)37-19-27-25-14-8-6-12-23(25)24-13-7-9-15-26(24)27/h3-15,20,22,27H,16-19H2,1-2H3,(H,31,36)(H,33,34). The molecule has 0 saturated heterocycles. The summed E-state index contributed by atoms with van der Waals surface area (Å²) in [6.07, 6.45) is -0.474. The Hall–Kier alpha value is -4.13. The van der Waals surface area contributed by atoms with Gasteiger partial charge < -0.3 is 20.1 Å². The number of likely N-dealkylation sites (N-methyl/N-ethyl adjacent to an activating group) is 1. The van der Waals surface area contributed by atoms with Gasteiger partial charge in [-0.1, -0.05) is 78.9 Å². The van der Waals surface area contributed by atoms with E-state index in [0.29, 0.717) is 6.42 Å². The molecule has 3 aromatic carbocycles. The maximum Gasteiger partial charge on any atom is 0.407 e. The smallest absolute Gasteiger partial charge is 0.407 e. The molecule has 0 heterocycles. The second-order valence-electron chi connectivity index (χ2n) is 9.57. The Morgan fingerprint density at radius 2 is 1.49 bits per heavy atom. The molecule has 1 aliphatic carbocycles.